The fourth-order valence-electron chi connectivity index (χ4n) is 2.10. The summed E-state index contributed by atoms with van der Waals surface area (Å²) >= 11 is 1.62. The molecule has 1 heterocycles. The van der Waals surface area contributed by atoms with E-state index in [1.807, 2.05) is 0 Å². The Hall–Kier alpha value is -1.14. The molecule has 5 nitrogen and oxygen atoms in total. The van der Waals surface area contributed by atoms with Gasteiger partial charge in [0.05, 0.1) is 11.7 Å². The van der Waals surface area contributed by atoms with Crippen LogP contribution in [0.25, 0.3) is 0 Å². The van der Waals surface area contributed by atoms with Crippen LogP contribution in [0.15, 0.2) is 23.6 Å². The van der Waals surface area contributed by atoms with Gasteiger partial charge in [0, 0.05) is 17.6 Å². The van der Waals surface area contributed by atoms with Crippen molar-refractivity contribution in [3.8, 4) is 0 Å². The highest BCUT2D eigenvalue weighted by atomic mass is 32.2. The Bertz CT molecular complexity index is 400. The largest absolute Gasteiger partial charge is 0.368 e. The zero-order chi connectivity index (χ0) is 12.3. The van der Waals surface area contributed by atoms with Crippen molar-refractivity contribution in [2.24, 2.45) is 11.5 Å². The summed E-state index contributed by atoms with van der Waals surface area (Å²) in [4.78, 5) is 19.6. The molecule has 0 saturated heterocycles. The number of carbonyl (C=O) groups is 1. The van der Waals surface area contributed by atoms with E-state index in [4.69, 9.17) is 11.5 Å². The van der Waals surface area contributed by atoms with Gasteiger partial charge in [-0.3, -0.25) is 9.78 Å². The fraction of sp³-hybridized carbons (Fsp3) is 0.545. The van der Waals surface area contributed by atoms with Crippen molar-refractivity contribution in [3.05, 3.63) is 18.6 Å². The van der Waals surface area contributed by atoms with Crippen LogP contribution in [0.2, 0.25) is 0 Å². The third kappa shape index (κ3) is 2.95. The number of hydrogen-bond acceptors (Lipinski definition) is 5. The second kappa shape index (κ2) is 5.01. The molecule has 2 atom stereocenters. The highest BCUT2D eigenvalue weighted by Crippen LogP contribution is 2.36. The lowest BCUT2D eigenvalue weighted by Gasteiger charge is -2.34. The van der Waals surface area contributed by atoms with Gasteiger partial charge in [-0.2, -0.15) is 0 Å². The maximum Gasteiger partial charge on any atom is 0.237 e. The fourth-order valence-corrected chi connectivity index (χ4v) is 3.35. The second-order valence-corrected chi connectivity index (χ2v) is 5.72. The van der Waals surface area contributed by atoms with Gasteiger partial charge in [-0.25, -0.2) is 4.98 Å². The van der Waals surface area contributed by atoms with Gasteiger partial charge in [0.15, 0.2) is 0 Å². The Morgan fingerprint density at radius 1 is 1.53 bits per heavy atom. The van der Waals surface area contributed by atoms with E-state index >= 15 is 0 Å². The van der Waals surface area contributed by atoms with Gasteiger partial charge in [0.1, 0.15) is 5.03 Å². The van der Waals surface area contributed by atoms with E-state index in [1.165, 1.54) is 0 Å². The lowest BCUT2D eigenvalue weighted by Crippen LogP contribution is -2.55. The zero-order valence-corrected chi connectivity index (χ0v) is 10.3. The van der Waals surface area contributed by atoms with Gasteiger partial charge in [0.25, 0.3) is 0 Å². The molecule has 0 spiro atoms. The Morgan fingerprint density at radius 2 is 2.35 bits per heavy atom. The number of aromatic nitrogens is 2. The molecule has 6 heteroatoms. The molecule has 1 aliphatic carbocycles. The van der Waals surface area contributed by atoms with Crippen LogP contribution >= 0.6 is 11.8 Å². The monoisotopic (exact) mass is 252 g/mol. The number of nitrogens with two attached hydrogens (primary N) is 2. The van der Waals surface area contributed by atoms with Crippen LogP contribution in [0.3, 0.4) is 0 Å². The van der Waals surface area contributed by atoms with Crippen LogP contribution in [0.4, 0.5) is 0 Å². The van der Waals surface area contributed by atoms with Gasteiger partial charge >= 0.3 is 0 Å². The Morgan fingerprint density at radius 3 is 3.00 bits per heavy atom. The Balaban J connectivity index is 2.01. The summed E-state index contributed by atoms with van der Waals surface area (Å²) in [5.74, 6) is -0.401. The molecule has 1 aromatic rings. The molecule has 0 bridgehead atoms. The summed E-state index contributed by atoms with van der Waals surface area (Å²) < 4.78 is 0. The first kappa shape index (κ1) is 12.3. The van der Waals surface area contributed by atoms with Crippen molar-refractivity contribution >= 4 is 17.7 Å². The molecule has 2 rings (SSSR count). The van der Waals surface area contributed by atoms with Crippen LogP contribution in [-0.4, -0.2) is 26.7 Å². The average molecular weight is 252 g/mol. The van der Waals surface area contributed by atoms with Crippen LogP contribution in [-0.2, 0) is 4.79 Å². The summed E-state index contributed by atoms with van der Waals surface area (Å²) in [6, 6.07) is 0. The number of primary amides is 1. The Kier molecular flexibility index (Phi) is 3.63. The standard InChI is InChI=1S/C11H16N4OS/c12-10(16)11(13)3-1-2-8(6-11)17-9-7-14-4-5-15-9/h4-5,7-8H,1-3,6,13H2,(H2,12,16). The van der Waals surface area contributed by atoms with E-state index < -0.39 is 11.4 Å². The van der Waals surface area contributed by atoms with E-state index in [1.54, 1.807) is 30.4 Å². The molecule has 17 heavy (non-hydrogen) atoms. The van der Waals surface area contributed by atoms with Gasteiger partial charge in [-0.15, -0.1) is 11.8 Å². The molecule has 0 aromatic carbocycles. The van der Waals surface area contributed by atoms with Crippen molar-refractivity contribution in [2.75, 3.05) is 0 Å². The molecule has 1 amide bonds. The van der Waals surface area contributed by atoms with E-state index in [2.05, 4.69) is 9.97 Å². The first-order valence-corrected chi connectivity index (χ1v) is 6.49. The molecule has 0 radical (unpaired) electrons. The lowest BCUT2D eigenvalue weighted by molar-refractivity contribution is -0.124. The molecule has 2 unspecified atom stereocenters. The van der Waals surface area contributed by atoms with Gasteiger partial charge in [0.2, 0.25) is 5.91 Å². The number of thioether (sulfide) groups is 1. The molecule has 1 saturated carbocycles. The molecule has 4 N–H and O–H groups in total. The number of hydrogen-bond donors (Lipinski definition) is 2. The summed E-state index contributed by atoms with van der Waals surface area (Å²) in [6.07, 6.45) is 8.28. The van der Waals surface area contributed by atoms with Crippen molar-refractivity contribution in [3.63, 3.8) is 0 Å². The summed E-state index contributed by atoms with van der Waals surface area (Å²) in [6.45, 7) is 0. The normalized spacial score (nSPS) is 28.9. The minimum atomic E-state index is -0.849. The first-order valence-electron chi connectivity index (χ1n) is 5.62. The predicted molar refractivity (Wildman–Crippen MR) is 66.3 cm³/mol. The van der Waals surface area contributed by atoms with Crippen molar-refractivity contribution in [1.82, 2.24) is 9.97 Å². The Labute approximate surface area is 104 Å². The highest BCUT2D eigenvalue weighted by molar-refractivity contribution is 7.99. The molecule has 92 valence electrons. The SMILES string of the molecule is NC(=O)C1(N)CCCC(Sc2cnccn2)C1. The summed E-state index contributed by atoms with van der Waals surface area (Å²) in [7, 11) is 0. The van der Waals surface area contributed by atoms with E-state index in [0.717, 1.165) is 17.9 Å². The van der Waals surface area contributed by atoms with Gasteiger partial charge < -0.3 is 11.5 Å². The zero-order valence-electron chi connectivity index (χ0n) is 9.50. The average Bonchev–Trinajstić information content (AvgIpc) is 2.30. The van der Waals surface area contributed by atoms with Crippen molar-refractivity contribution in [2.45, 2.75) is 41.5 Å². The van der Waals surface area contributed by atoms with Crippen molar-refractivity contribution in [1.29, 1.82) is 0 Å². The smallest absolute Gasteiger partial charge is 0.237 e. The van der Waals surface area contributed by atoms with Crippen LogP contribution in [0.5, 0.6) is 0 Å². The molecular weight excluding hydrogens is 236 g/mol. The van der Waals surface area contributed by atoms with Gasteiger partial charge in [-0.05, 0) is 25.7 Å². The van der Waals surface area contributed by atoms with Crippen LogP contribution in [0.1, 0.15) is 25.7 Å². The summed E-state index contributed by atoms with van der Waals surface area (Å²) in [5, 5.41) is 1.16. The molecular formula is C11H16N4OS. The molecule has 1 aliphatic rings. The number of nitrogens with zero attached hydrogens (tertiary/aromatic N) is 2. The molecule has 0 aliphatic heterocycles. The molecule has 1 aromatic heterocycles. The molecule has 1 fully saturated rings. The number of amides is 1. The minimum Gasteiger partial charge on any atom is -0.368 e. The van der Waals surface area contributed by atoms with E-state index in [-0.39, 0.29) is 5.25 Å². The minimum absolute atomic E-state index is 0.290. The predicted octanol–water partition coefficient (Wildman–Crippen LogP) is 0.694. The number of carbonyl (C=O) groups excluding carboxylic acids is 1. The third-order valence-corrected chi connectivity index (χ3v) is 4.25. The van der Waals surface area contributed by atoms with Crippen LogP contribution < -0.4 is 11.5 Å². The first-order chi connectivity index (χ1) is 8.10. The van der Waals surface area contributed by atoms with Gasteiger partial charge in [-0.1, -0.05) is 0 Å². The highest BCUT2D eigenvalue weighted by Gasteiger charge is 2.38. The maximum absolute atomic E-state index is 11.3. The lowest BCUT2D eigenvalue weighted by atomic mass is 9.82. The second-order valence-electron chi connectivity index (χ2n) is 4.40. The van der Waals surface area contributed by atoms with E-state index in [9.17, 15) is 4.79 Å². The number of rotatable bonds is 3. The van der Waals surface area contributed by atoms with E-state index in [0.29, 0.717) is 12.8 Å². The maximum atomic E-state index is 11.3. The third-order valence-electron chi connectivity index (χ3n) is 3.06. The summed E-state index contributed by atoms with van der Waals surface area (Å²) in [5.41, 5.74) is 10.5. The quantitative estimate of drug-likeness (QED) is 0.825. The topological polar surface area (TPSA) is 94.9 Å². The van der Waals surface area contributed by atoms with Crippen LogP contribution in [0, 0.1) is 0 Å². The van der Waals surface area contributed by atoms with Crippen molar-refractivity contribution < 1.29 is 4.79 Å².